The van der Waals surface area contributed by atoms with Gasteiger partial charge in [0.15, 0.2) is 23.8 Å². The molecule has 4 aromatic carbocycles. The summed E-state index contributed by atoms with van der Waals surface area (Å²) >= 11 is 0. The smallest absolute Gasteiger partial charge is 0.338 e. The SMILES string of the molecule is CC(=O)OC1C(CC(=O)c2ccccc2)OC(CCCOC2C(COC(=O)c3ccccc3)OC(CC(=O)c3ccccc3)C2OC(C)=O)C1OCc1ccccc1. The highest BCUT2D eigenvalue weighted by atomic mass is 16.6. The molecule has 8 atom stereocenters. The summed E-state index contributed by atoms with van der Waals surface area (Å²) in [6.07, 6.45) is -5.95. The zero-order chi connectivity index (χ0) is 40.9. The molecule has 0 N–H and O–H groups in total. The van der Waals surface area contributed by atoms with Crippen LogP contribution in [-0.4, -0.2) is 91.5 Å². The number of hydrogen-bond acceptors (Lipinski definition) is 12. The average molecular weight is 793 g/mol. The number of hydrogen-bond donors (Lipinski definition) is 0. The second-order valence-electron chi connectivity index (χ2n) is 14.3. The standard InChI is InChI=1S/C46H48O12/c1-30(47)55-44-39(26-36(49)33-18-9-4-10-19-33)57-38(42(44)53-28-32-16-7-3-8-17-32)24-15-25-52-43-41(29-54-46(51)35-22-13-6-14-23-35)58-40(45(43)56-31(2)48)27-37(50)34-20-11-5-12-21-34/h3-14,16-23,38-45H,15,24-29H2,1-2H3. The fourth-order valence-electron chi connectivity index (χ4n) is 7.31. The first kappa shape index (κ1) is 42.1. The van der Waals surface area contributed by atoms with Gasteiger partial charge in [0, 0.05) is 44.4 Å². The maximum atomic E-state index is 13.3. The van der Waals surface area contributed by atoms with Gasteiger partial charge >= 0.3 is 17.9 Å². The van der Waals surface area contributed by atoms with E-state index in [2.05, 4.69) is 0 Å². The molecule has 2 aliphatic rings. The Morgan fingerprint density at radius 1 is 0.517 bits per heavy atom. The van der Waals surface area contributed by atoms with Crippen LogP contribution in [0.15, 0.2) is 121 Å². The van der Waals surface area contributed by atoms with E-state index in [4.69, 9.17) is 33.2 Å². The summed E-state index contributed by atoms with van der Waals surface area (Å²) in [5.74, 6) is -2.07. The number of rotatable bonds is 19. The van der Waals surface area contributed by atoms with E-state index in [0.717, 1.165) is 5.56 Å². The van der Waals surface area contributed by atoms with E-state index >= 15 is 0 Å². The molecular formula is C46H48O12. The largest absolute Gasteiger partial charge is 0.459 e. The summed E-state index contributed by atoms with van der Waals surface area (Å²) < 4.78 is 42.8. The lowest BCUT2D eigenvalue weighted by Crippen LogP contribution is -2.41. The molecule has 0 aliphatic carbocycles. The number of Topliss-reactive ketones (excluding diaryl/α,β-unsaturated/α-hetero) is 2. The molecule has 0 bridgehead atoms. The zero-order valence-electron chi connectivity index (χ0n) is 32.5. The third-order valence-electron chi connectivity index (χ3n) is 10.00. The first-order chi connectivity index (χ1) is 28.2. The Morgan fingerprint density at radius 3 is 1.47 bits per heavy atom. The molecule has 0 aromatic heterocycles. The van der Waals surface area contributed by atoms with E-state index in [1.54, 1.807) is 84.9 Å². The number of ether oxygens (including phenoxy) is 7. The fourth-order valence-corrected chi connectivity index (χ4v) is 7.31. The zero-order valence-corrected chi connectivity index (χ0v) is 32.5. The molecular weight excluding hydrogens is 744 g/mol. The summed E-state index contributed by atoms with van der Waals surface area (Å²) in [6.45, 7) is 2.68. The van der Waals surface area contributed by atoms with Gasteiger partial charge in [-0.05, 0) is 30.5 Å². The first-order valence-corrected chi connectivity index (χ1v) is 19.5. The molecule has 0 saturated carbocycles. The molecule has 2 heterocycles. The molecule has 0 amide bonds. The highest BCUT2D eigenvalue weighted by Crippen LogP contribution is 2.34. The van der Waals surface area contributed by atoms with E-state index in [0.29, 0.717) is 29.5 Å². The lowest BCUT2D eigenvalue weighted by atomic mass is 9.98. The number of esters is 3. The second kappa shape index (κ2) is 20.8. The molecule has 12 heteroatoms. The van der Waals surface area contributed by atoms with Gasteiger partial charge in [-0.3, -0.25) is 19.2 Å². The molecule has 304 valence electrons. The molecule has 2 saturated heterocycles. The predicted octanol–water partition coefficient (Wildman–Crippen LogP) is 6.54. The van der Waals surface area contributed by atoms with Crippen molar-refractivity contribution in [2.45, 2.75) is 95.0 Å². The van der Waals surface area contributed by atoms with Crippen molar-refractivity contribution in [1.82, 2.24) is 0 Å². The van der Waals surface area contributed by atoms with E-state index in [-0.39, 0.29) is 44.2 Å². The van der Waals surface area contributed by atoms with Crippen LogP contribution in [0.1, 0.15) is 76.2 Å². The minimum atomic E-state index is -0.989. The second-order valence-corrected chi connectivity index (χ2v) is 14.3. The van der Waals surface area contributed by atoms with Crippen LogP contribution in [0.3, 0.4) is 0 Å². The molecule has 58 heavy (non-hydrogen) atoms. The van der Waals surface area contributed by atoms with Gasteiger partial charge in [0.25, 0.3) is 0 Å². The topological polar surface area (TPSA) is 150 Å². The van der Waals surface area contributed by atoms with Crippen LogP contribution in [0.2, 0.25) is 0 Å². The fraction of sp³-hybridized carbons (Fsp3) is 0.370. The van der Waals surface area contributed by atoms with Crippen molar-refractivity contribution in [3.05, 3.63) is 144 Å². The minimum absolute atomic E-state index is 0.0316. The molecule has 2 fully saturated rings. The normalized spacial score (nSPS) is 23.8. The van der Waals surface area contributed by atoms with Crippen LogP contribution in [-0.2, 0) is 49.4 Å². The molecule has 0 radical (unpaired) electrons. The Kier molecular flexibility index (Phi) is 15.1. The summed E-state index contributed by atoms with van der Waals surface area (Å²) in [4.78, 5) is 64.4. The monoisotopic (exact) mass is 792 g/mol. The Labute approximate surface area is 337 Å². The Hall–Kier alpha value is -5.53. The van der Waals surface area contributed by atoms with Gasteiger partial charge in [-0.1, -0.05) is 109 Å². The van der Waals surface area contributed by atoms with Gasteiger partial charge in [-0.15, -0.1) is 0 Å². The van der Waals surface area contributed by atoms with Crippen molar-refractivity contribution in [1.29, 1.82) is 0 Å². The van der Waals surface area contributed by atoms with E-state index in [9.17, 15) is 24.0 Å². The molecule has 8 unspecified atom stereocenters. The Bertz CT molecular complexity index is 1960. The lowest BCUT2D eigenvalue weighted by molar-refractivity contribution is -0.155. The maximum absolute atomic E-state index is 13.3. The van der Waals surface area contributed by atoms with Crippen LogP contribution in [0.4, 0.5) is 0 Å². The molecule has 2 aliphatic heterocycles. The number of carbonyl (C=O) groups excluding carboxylic acids is 5. The summed E-state index contributed by atoms with van der Waals surface area (Å²) in [6, 6.07) is 35.6. The Morgan fingerprint density at radius 2 is 0.966 bits per heavy atom. The maximum Gasteiger partial charge on any atom is 0.338 e. The first-order valence-electron chi connectivity index (χ1n) is 19.5. The van der Waals surface area contributed by atoms with Crippen LogP contribution < -0.4 is 0 Å². The van der Waals surface area contributed by atoms with Gasteiger partial charge in [0.05, 0.1) is 18.3 Å². The molecule has 6 rings (SSSR count). The summed E-state index contributed by atoms with van der Waals surface area (Å²) in [5, 5.41) is 0. The van der Waals surface area contributed by atoms with Gasteiger partial charge in [0.2, 0.25) is 0 Å². The van der Waals surface area contributed by atoms with Crippen molar-refractivity contribution in [2.75, 3.05) is 13.2 Å². The summed E-state index contributed by atoms with van der Waals surface area (Å²) in [5.41, 5.74) is 2.24. The highest BCUT2D eigenvalue weighted by molar-refractivity contribution is 5.97. The molecule has 4 aromatic rings. The number of ketones is 2. The van der Waals surface area contributed by atoms with Crippen LogP contribution in [0.5, 0.6) is 0 Å². The molecule has 12 nitrogen and oxygen atoms in total. The van der Waals surface area contributed by atoms with Crippen LogP contribution in [0, 0.1) is 0 Å². The van der Waals surface area contributed by atoms with E-state index in [1.165, 1.54) is 13.8 Å². The summed E-state index contributed by atoms with van der Waals surface area (Å²) in [7, 11) is 0. The third-order valence-corrected chi connectivity index (χ3v) is 10.00. The van der Waals surface area contributed by atoms with Crippen molar-refractivity contribution in [3.8, 4) is 0 Å². The van der Waals surface area contributed by atoms with Gasteiger partial charge in [-0.25, -0.2) is 4.79 Å². The van der Waals surface area contributed by atoms with Crippen molar-refractivity contribution in [3.63, 3.8) is 0 Å². The molecule has 0 spiro atoms. The highest BCUT2D eigenvalue weighted by Gasteiger charge is 2.50. The van der Waals surface area contributed by atoms with Crippen molar-refractivity contribution in [2.24, 2.45) is 0 Å². The van der Waals surface area contributed by atoms with E-state index < -0.39 is 66.7 Å². The number of carbonyl (C=O) groups is 5. The lowest BCUT2D eigenvalue weighted by Gasteiger charge is -2.25. The number of benzene rings is 4. The van der Waals surface area contributed by atoms with Gasteiger partial charge in [-0.2, -0.15) is 0 Å². The Balaban J connectivity index is 1.17. The minimum Gasteiger partial charge on any atom is -0.459 e. The quantitative estimate of drug-likeness (QED) is 0.0439. The van der Waals surface area contributed by atoms with Crippen molar-refractivity contribution < 1.29 is 57.1 Å². The van der Waals surface area contributed by atoms with Crippen molar-refractivity contribution >= 4 is 29.5 Å². The van der Waals surface area contributed by atoms with Gasteiger partial charge < -0.3 is 33.2 Å². The van der Waals surface area contributed by atoms with Crippen LogP contribution >= 0.6 is 0 Å². The van der Waals surface area contributed by atoms with E-state index in [1.807, 2.05) is 36.4 Å². The third kappa shape index (κ3) is 11.5. The predicted molar refractivity (Wildman–Crippen MR) is 210 cm³/mol. The van der Waals surface area contributed by atoms with Gasteiger partial charge in [0.1, 0.15) is 37.1 Å². The van der Waals surface area contributed by atoms with Crippen LogP contribution in [0.25, 0.3) is 0 Å². The average Bonchev–Trinajstić information content (AvgIpc) is 3.72.